The number of hydrogen-bond acceptors (Lipinski definition) is 6. The van der Waals surface area contributed by atoms with Crippen LogP contribution in [0.15, 0.2) is 36.5 Å². The van der Waals surface area contributed by atoms with Crippen molar-refractivity contribution in [1.82, 2.24) is 35.2 Å². The maximum absolute atomic E-state index is 10.5. The van der Waals surface area contributed by atoms with E-state index in [2.05, 4.69) is 30.8 Å². The predicted molar refractivity (Wildman–Crippen MR) is 103 cm³/mol. The number of benzene rings is 1. The molecule has 0 bridgehead atoms. The number of rotatable bonds is 4. The Bertz CT molecular complexity index is 1170. The second kappa shape index (κ2) is 5.83. The molecule has 9 heteroatoms. The molecule has 0 saturated heterocycles. The van der Waals surface area contributed by atoms with Crippen LogP contribution >= 0.6 is 11.6 Å². The number of aliphatic hydroxyl groups is 1. The Hall–Kier alpha value is -2.84. The molecule has 3 aromatic heterocycles. The topological polar surface area (TPSA) is 105 Å². The molecule has 0 spiro atoms. The Balaban J connectivity index is 1.66. The third kappa shape index (κ3) is 2.52. The Morgan fingerprint density at radius 2 is 2.00 bits per heavy atom. The molecule has 5 rings (SSSR count). The van der Waals surface area contributed by atoms with Crippen LogP contribution in [0.3, 0.4) is 0 Å². The van der Waals surface area contributed by atoms with Crippen molar-refractivity contribution in [3.8, 4) is 11.4 Å². The van der Waals surface area contributed by atoms with Gasteiger partial charge in [-0.25, -0.2) is 5.10 Å². The van der Waals surface area contributed by atoms with Crippen LogP contribution in [0, 0.1) is 0 Å². The molecule has 0 atom stereocenters. The molecule has 3 heterocycles. The fraction of sp³-hybridized carbons (Fsp3) is 0.316. The third-order valence-electron chi connectivity index (χ3n) is 5.39. The Kier molecular flexibility index (Phi) is 3.59. The second-order valence-electron chi connectivity index (χ2n) is 7.72. The number of H-pyrrole nitrogens is 1. The number of fused-ring (bicyclic) bond motifs is 1. The largest absolute Gasteiger partial charge is 0.386 e. The molecule has 1 aliphatic carbocycles. The molecule has 1 aromatic carbocycles. The van der Waals surface area contributed by atoms with E-state index >= 15 is 0 Å². The highest BCUT2D eigenvalue weighted by Gasteiger charge is 2.50. The molecule has 0 unspecified atom stereocenters. The van der Waals surface area contributed by atoms with Crippen LogP contribution in [0.5, 0.6) is 0 Å². The first kappa shape index (κ1) is 17.3. The minimum Gasteiger partial charge on any atom is -0.386 e. The summed E-state index contributed by atoms with van der Waals surface area (Å²) in [6.45, 7) is 3.50. The summed E-state index contributed by atoms with van der Waals surface area (Å²) < 4.78 is 1.98. The van der Waals surface area contributed by atoms with Crippen molar-refractivity contribution in [3.63, 3.8) is 0 Å². The van der Waals surface area contributed by atoms with Gasteiger partial charge in [0.15, 0.2) is 11.5 Å². The van der Waals surface area contributed by atoms with Gasteiger partial charge in [0.1, 0.15) is 5.82 Å². The van der Waals surface area contributed by atoms with E-state index in [1.54, 1.807) is 13.8 Å². The van der Waals surface area contributed by atoms with Crippen LogP contribution in [0.1, 0.15) is 43.6 Å². The molecule has 28 heavy (non-hydrogen) atoms. The van der Waals surface area contributed by atoms with E-state index in [-0.39, 0.29) is 5.41 Å². The summed E-state index contributed by atoms with van der Waals surface area (Å²) >= 11 is 6.37. The molecular formula is C19H18ClN7O. The fourth-order valence-corrected chi connectivity index (χ4v) is 3.97. The minimum atomic E-state index is -1.00. The van der Waals surface area contributed by atoms with E-state index in [4.69, 9.17) is 11.6 Å². The van der Waals surface area contributed by atoms with Crippen molar-refractivity contribution in [1.29, 1.82) is 0 Å². The van der Waals surface area contributed by atoms with Crippen molar-refractivity contribution in [2.45, 2.75) is 37.7 Å². The van der Waals surface area contributed by atoms with Gasteiger partial charge in [0, 0.05) is 17.3 Å². The van der Waals surface area contributed by atoms with Crippen LogP contribution in [0.2, 0.25) is 5.02 Å². The lowest BCUT2D eigenvalue weighted by atomic mass is 9.93. The summed E-state index contributed by atoms with van der Waals surface area (Å²) in [5, 5.41) is 34.0. The lowest BCUT2D eigenvalue weighted by molar-refractivity contribution is 0.0796. The zero-order chi connectivity index (χ0) is 19.5. The Labute approximate surface area is 165 Å². The summed E-state index contributed by atoms with van der Waals surface area (Å²) in [6, 6.07) is 9.68. The Morgan fingerprint density at radius 1 is 1.18 bits per heavy atom. The Morgan fingerprint density at radius 3 is 2.68 bits per heavy atom. The fourth-order valence-electron chi connectivity index (χ4n) is 3.76. The normalized spacial score (nSPS) is 15.9. The van der Waals surface area contributed by atoms with Crippen molar-refractivity contribution in [2.24, 2.45) is 0 Å². The summed E-state index contributed by atoms with van der Waals surface area (Å²) in [5.41, 5.74) is 2.01. The number of nitrogens with zero attached hydrogens (tertiary/aromatic N) is 6. The average molecular weight is 396 g/mol. The zero-order valence-corrected chi connectivity index (χ0v) is 16.1. The minimum absolute atomic E-state index is 0.246. The molecular weight excluding hydrogens is 378 g/mol. The van der Waals surface area contributed by atoms with E-state index in [1.807, 2.05) is 40.9 Å². The lowest BCUT2D eigenvalue weighted by Gasteiger charge is -2.19. The molecule has 142 valence electrons. The number of aromatic amines is 1. The van der Waals surface area contributed by atoms with Crippen LogP contribution in [0.25, 0.3) is 17.0 Å². The highest BCUT2D eigenvalue weighted by atomic mass is 35.5. The van der Waals surface area contributed by atoms with Gasteiger partial charge in [0.2, 0.25) is 0 Å². The van der Waals surface area contributed by atoms with Crippen molar-refractivity contribution < 1.29 is 5.11 Å². The average Bonchev–Trinajstić information content (AvgIpc) is 3.09. The second-order valence-corrected chi connectivity index (χ2v) is 8.13. The molecule has 1 aliphatic rings. The van der Waals surface area contributed by atoms with E-state index < -0.39 is 5.60 Å². The van der Waals surface area contributed by atoms with Gasteiger partial charge in [-0.15, -0.1) is 15.3 Å². The lowest BCUT2D eigenvalue weighted by Crippen LogP contribution is -2.18. The van der Waals surface area contributed by atoms with Gasteiger partial charge in [-0.05, 0) is 60.9 Å². The monoisotopic (exact) mass is 395 g/mol. The highest BCUT2D eigenvalue weighted by Crippen LogP contribution is 2.53. The van der Waals surface area contributed by atoms with Gasteiger partial charge in [0.25, 0.3) is 0 Å². The van der Waals surface area contributed by atoms with Crippen LogP contribution in [-0.4, -0.2) is 40.3 Å². The molecule has 2 N–H and O–H groups in total. The van der Waals surface area contributed by atoms with Crippen LogP contribution in [0.4, 0.5) is 0 Å². The number of aromatic nitrogens is 7. The third-order valence-corrected chi connectivity index (χ3v) is 5.72. The molecule has 8 nitrogen and oxygen atoms in total. The maximum Gasteiger partial charge on any atom is 0.180 e. The van der Waals surface area contributed by atoms with Crippen LogP contribution < -0.4 is 0 Å². The molecule has 1 fully saturated rings. The SMILES string of the molecule is CC(C)(O)c1cccn2c(C3(c4ccc(Cl)c(-c5nnn[nH]5)c4)CC3)nnc12. The first-order valence-corrected chi connectivity index (χ1v) is 9.39. The summed E-state index contributed by atoms with van der Waals surface area (Å²) in [5.74, 6) is 1.38. The maximum atomic E-state index is 10.5. The number of pyridine rings is 1. The first-order chi connectivity index (χ1) is 13.4. The first-order valence-electron chi connectivity index (χ1n) is 9.01. The van der Waals surface area contributed by atoms with Gasteiger partial charge >= 0.3 is 0 Å². The van der Waals surface area contributed by atoms with Gasteiger partial charge in [0.05, 0.1) is 16.0 Å². The molecule has 0 radical (unpaired) electrons. The van der Waals surface area contributed by atoms with E-state index in [9.17, 15) is 5.11 Å². The van der Waals surface area contributed by atoms with Gasteiger partial charge in [-0.2, -0.15) is 0 Å². The van der Waals surface area contributed by atoms with Gasteiger partial charge in [-0.3, -0.25) is 4.40 Å². The van der Waals surface area contributed by atoms with E-state index in [0.29, 0.717) is 16.5 Å². The predicted octanol–water partition coefficient (Wildman–Crippen LogP) is 2.87. The van der Waals surface area contributed by atoms with Gasteiger partial charge < -0.3 is 5.11 Å². The zero-order valence-electron chi connectivity index (χ0n) is 15.4. The number of nitrogens with one attached hydrogen (secondary N) is 1. The van der Waals surface area contributed by atoms with Crippen LogP contribution in [-0.2, 0) is 11.0 Å². The van der Waals surface area contributed by atoms with Crippen molar-refractivity contribution >= 4 is 17.2 Å². The quantitative estimate of drug-likeness (QED) is 0.550. The van der Waals surface area contributed by atoms with E-state index in [0.717, 1.165) is 35.4 Å². The molecule has 4 aromatic rings. The van der Waals surface area contributed by atoms with Gasteiger partial charge in [-0.1, -0.05) is 23.7 Å². The smallest absolute Gasteiger partial charge is 0.180 e. The number of hydrogen-bond donors (Lipinski definition) is 2. The summed E-state index contributed by atoms with van der Waals surface area (Å²) in [6.07, 6.45) is 3.85. The highest BCUT2D eigenvalue weighted by molar-refractivity contribution is 6.33. The summed E-state index contributed by atoms with van der Waals surface area (Å²) in [4.78, 5) is 0. The number of tetrazole rings is 1. The van der Waals surface area contributed by atoms with Crippen molar-refractivity contribution in [3.05, 3.63) is 58.5 Å². The molecule has 0 amide bonds. The summed E-state index contributed by atoms with van der Waals surface area (Å²) in [7, 11) is 0. The molecule has 1 saturated carbocycles. The molecule has 0 aliphatic heterocycles. The number of halogens is 1. The van der Waals surface area contributed by atoms with E-state index in [1.165, 1.54) is 0 Å². The standard InChI is InChI=1S/C19H18ClN7O/c1-18(2,28)13-4-3-9-27-16(13)23-24-17(27)19(7-8-19)11-5-6-14(20)12(10-11)15-21-25-26-22-15/h3-6,9-10,28H,7-8H2,1-2H3,(H,21,22,25,26). The van der Waals surface area contributed by atoms with Crippen molar-refractivity contribution in [2.75, 3.05) is 0 Å².